The fourth-order valence-corrected chi connectivity index (χ4v) is 3.55. The van der Waals surface area contributed by atoms with E-state index in [4.69, 9.17) is 16.3 Å². The number of nitro groups is 1. The van der Waals surface area contributed by atoms with Crippen LogP contribution in [-0.4, -0.2) is 23.6 Å². The van der Waals surface area contributed by atoms with E-state index in [0.29, 0.717) is 15.7 Å². The Balaban J connectivity index is 2.05. The van der Waals surface area contributed by atoms with Crippen molar-refractivity contribution >= 4 is 40.3 Å². The molecule has 0 fully saturated rings. The maximum Gasteiger partial charge on any atom is 0.387 e. The van der Waals surface area contributed by atoms with Gasteiger partial charge in [0.2, 0.25) is 0 Å². The highest BCUT2D eigenvalue weighted by atomic mass is 35.5. The van der Waals surface area contributed by atoms with Crippen molar-refractivity contribution in [2.24, 2.45) is 0 Å². The quantitative estimate of drug-likeness (QED) is 0.240. The third-order valence-corrected chi connectivity index (χ3v) is 5.15. The lowest BCUT2D eigenvalue weighted by Crippen LogP contribution is -2.05. The first kappa shape index (κ1) is 22.1. The van der Waals surface area contributed by atoms with Gasteiger partial charge >= 0.3 is 6.61 Å². The van der Waals surface area contributed by atoms with Gasteiger partial charge < -0.3 is 9.47 Å². The number of hydrogen-bond donors (Lipinski definition) is 0. The second kappa shape index (κ2) is 9.51. The number of benzene rings is 2. The van der Waals surface area contributed by atoms with Crippen molar-refractivity contribution < 1.29 is 23.2 Å². The van der Waals surface area contributed by atoms with Crippen molar-refractivity contribution in [3.8, 4) is 28.8 Å². The topological polar surface area (TPSA) is 98.3 Å². The number of nitro benzene ring substituents is 1. The first-order valence-corrected chi connectivity index (χ1v) is 9.73. The minimum Gasteiger partial charge on any atom is -0.493 e. The molecule has 0 saturated carbocycles. The van der Waals surface area contributed by atoms with E-state index in [1.54, 1.807) is 29.6 Å². The van der Waals surface area contributed by atoms with Gasteiger partial charge in [-0.3, -0.25) is 10.1 Å². The standard InChI is InChI=1S/C20H12ClF2N3O4S/c1-29-17-7-12(16(26(27)28)8-18(17)30-20(22)23)6-13(9-24)19-25-15(10-31-19)11-2-4-14(21)5-3-11/h2-8,10,20H,1H3/b13-6+. The van der Waals surface area contributed by atoms with Crippen LogP contribution in [0.4, 0.5) is 14.5 Å². The molecule has 7 nitrogen and oxygen atoms in total. The maximum atomic E-state index is 12.6. The molecule has 0 spiro atoms. The Morgan fingerprint density at radius 1 is 1.32 bits per heavy atom. The minimum atomic E-state index is -3.19. The van der Waals surface area contributed by atoms with Crippen LogP contribution in [0.3, 0.4) is 0 Å². The van der Waals surface area contributed by atoms with Crippen LogP contribution < -0.4 is 9.47 Å². The van der Waals surface area contributed by atoms with Gasteiger partial charge in [0.25, 0.3) is 5.69 Å². The smallest absolute Gasteiger partial charge is 0.387 e. The highest BCUT2D eigenvalue weighted by molar-refractivity contribution is 7.11. The van der Waals surface area contributed by atoms with E-state index in [2.05, 4.69) is 9.72 Å². The molecule has 0 radical (unpaired) electrons. The van der Waals surface area contributed by atoms with E-state index in [9.17, 15) is 24.2 Å². The molecule has 0 aliphatic carbocycles. The Morgan fingerprint density at radius 2 is 2.03 bits per heavy atom. The summed E-state index contributed by atoms with van der Waals surface area (Å²) in [6.07, 6.45) is 1.25. The van der Waals surface area contributed by atoms with Crippen molar-refractivity contribution in [1.29, 1.82) is 5.26 Å². The zero-order valence-corrected chi connectivity index (χ0v) is 17.3. The van der Waals surface area contributed by atoms with Gasteiger partial charge in [-0.15, -0.1) is 11.3 Å². The maximum absolute atomic E-state index is 12.6. The lowest BCUT2D eigenvalue weighted by Gasteiger charge is -2.11. The number of nitrogens with zero attached hydrogens (tertiary/aromatic N) is 3. The van der Waals surface area contributed by atoms with Gasteiger partial charge in [-0.1, -0.05) is 23.7 Å². The Kier molecular flexibility index (Phi) is 6.79. The van der Waals surface area contributed by atoms with Gasteiger partial charge in [0.1, 0.15) is 11.1 Å². The molecule has 0 N–H and O–H groups in total. The average molecular weight is 464 g/mol. The first-order chi connectivity index (χ1) is 14.8. The van der Waals surface area contributed by atoms with Crippen molar-refractivity contribution in [1.82, 2.24) is 4.98 Å². The molecular weight excluding hydrogens is 452 g/mol. The number of nitriles is 1. The predicted octanol–water partition coefficient (Wildman–Crippen LogP) is 6.05. The summed E-state index contributed by atoms with van der Waals surface area (Å²) in [5.74, 6) is -0.630. The van der Waals surface area contributed by atoms with Gasteiger partial charge in [0.15, 0.2) is 11.5 Å². The third kappa shape index (κ3) is 5.14. The van der Waals surface area contributed by atoms with E-state index in [1.165, 1.54) is 24.5 Å². The normalized spacial score (nSPS) is 11.3. The first-order valence-electron chi connectivity index (χ1n) is 8.47. The molecule has 3 rings (SSSR count). The Morgan fingerprint density at radius 3 is 2.61 bits per heavy atom. The summed E-state index contributed by atoms with van der Waals surface area (Å²) in [6, 6.07) is 10.9. The molecule has 11 heteroatoms. The molecule has 0 bridgehead atoms. The number of halogens is 3. The van der Waals surface area contributed by atoms with Crippen LogP contribution in [0, 0.1) is 21.4 Å². The molecule has 0 atom stereocenters. The van der Waals surface area contributed by atoms with Crippen molar-refractivity contribution in [2.75, 3.05) is 7.11 Å². The van der Waals surface area contributed by atoms with E-state index in [1.807, 2.05) is 6.07 Å². The molecule has 158 valence electrons. The monoisotopic (exact) mass is 463 g/mol. The summed E-state index contributed by atoms with van der Waals surface area (Å²) in [4.78, 5) is 15.1. The van der Waals surface area contributed by atoms with Crippen LogP contribution in [0.2, 0.25) is 5.02 Å². The molecule has 3 aromatic rings. The van der Waals surface area contributed by atoms with Crippen molar-refractivity contribution in [2.45, 2.75) is 6.61 Å². The van der Waals surface area contributed by atoms with Crippen LogP contribution in [0.15, 0.2) is 41.8 Å². The van der Waals surface area contributed by atoms with E-state index < -0.39 is 23.0 Å². The van der Waals surface area contributed by atoms with Gasteiger partial charge in [-0.25, -0.2) is 4.98 Å². The number of rotatable bonds is 7. The molecular formula is C20H12ClF2N3O4S. The summed E-state index contributed by atoms with van der Waals surface area (Å²) < 4.78 is 34.5. The Labute approximate surface area is 183 Å². The molecule has 2 aromatic carbocycles. The highest BCUT2D eigenvalue weighted by Gasteiger charge is 2.22. The van der Waals surface area contributed by atoms with Gasteiger partial charge in [-0.2, -0.15) is 14.0 Å². The largest absolute Gasteiger partial charge is 0.493 e. The van der Waals surface area contributed by atoms with Crippen LogP contribution >= 0.6 is 22.9 Å². The fourth-order valence-electron chi connectivity index (χ4n) is 2.63. The number of allylic oxidation sites excluding steroid dienone is 1. The average Bonchev–Trinajstić information content (AvgIpc) is 3.22. The molecule has 0 aliphatic heterocycles. The second-order valence-electron chi connectivity index (χ2n) is 5.91. The van der Waals surface area contributed by atoms with Crippen LogP contribution in [0.1, 0.15) is 10.6 Å². The molecule has 0 amide bonds. The molecule has 31 heavy (non-hydrogen) atoms. The van der Waals surface area contributed by atoms with Gasteiger partial charge in [0.05, 0.1) is 34.9 Å². The number of aromatic nitrogens is 1. The summed E-state index contributed by atoms with van der Waals surface area (Å²) in [5, 5.41) is 23.7. The third-order valence-electron chi connectivity index (χ3n) is 4.02. The molecule has 1 aromatic heterocycles. The zero-order valence-electron chi connectivity index (χ0n) is 15.7. The molecule has 1 heterocycles. The van der Waals surface area contributed by atoms with Crippen LogP contribution in [-0.2, 0) is 0 Å². The molecule has 0 saturated heterocycles. The SMILES string of the molecule is COc1cc(/C=C(\C#N)c2nc(-c3ccc(Cl)cc3)cs2)c([N+](=O)[O-])cc1OC(F)F. The highest BCUT2D eigenvalue weighted by Crippen LogP contribution is 2.38. The summed E-state index contributed by atoms with van der Waals surface area (Å²) in [6.45, 7) is -3.19. The van der Waals surface area contributed by atoms with Crippen LogP contribution in [0.5, 0.6) is 11.5 Å². The van der Waals surface area contributed by atoms with E-state index in [-0.39, 0.29) is 16.9 Å². The Hall–Kier alpha value is -3.55. The van der Waals surface area contributed by atoms with Gasteiger partial charge in [0, 0.05) is 16.0 Å². The van der Waals surface area contributed by atoms with Crippen molar-refractivity contribution in [3.63, 3.8) is 0 Å². The number of ether oxygens (including phenoxy) is 2. The van der Waals surface area contributed by atoms with Gasteiger partial charge in [-0.05, 0) is 24.3 Å². The number of thiazole rings is 1. The number of alkyl halides is 2. The number of methoxy groups -OCH3 is 1. The minimum absolute atomic E-state index is 0.0248. The zero-order chi connectivity index (χ0) is 22.5. The summed E-state index contributed by atoms with van der Waals surface area (Å²) >= 11 is 7.06. The van der Waals surface area contributed by atoms with Crippen molar-refractivity contribution in [3.05, 3.63) is 67.5 Å². The number of hydrogen-bond acceptors (Lipinski definition) is 7. The van der Waals surface area contributed by atoms with Crippen LogP contribution in [0.25, 0.3) is 22.9 Å². The predicted molar refractivity (Wildman–Crippen MR) is 112 cm³/mol. The van der Waals surface area contributed by atoms with E-state index >= 15 is 0 Å². The van der Waals surface area contributed by atoms with E-state index in [0.717, 1.165) is 17.7 Å². The second-order valence-corrected chi connectivity index (χ2v) is 7.21. The lowest BCUT2D eigenvalue weighted by atomic mass is 10.1. The fraction of sp³-hybridized carbons (Fsp3) is 0.100. The summed E-state index contributed by atoms with van der Waals surface area (Å²) in [7, 11) is 1.21. The lowest BCUT2D eigenvalue weighted by molar-refractivity contribution is -0.385. The Bertz CT molecular complexity index is 1190. The molecule has 0 aliphatic rings. The summed E-state index contributed by atoms with van der Waals surface area (Å²) in [5.41, 5.74) is 0.885. The molecule has 0 unspecified atom stereocenters.